The van der Waals surface area contributed by atoms with Crippen molar-refractivity contribution < 1.29 is 19.1 Å². The minimum absolute atomic E-state index is 0.101. The van der Waals surface area contributed by atoms with Crippen molar-refractivity contribution in [2.75, 3.05) is 0 Å². The topological polar surface area (TPSA) is 52.6 Å². The van der Waals surface area contributed by atoms with Gasteiger partial charge in [-0.15, -0.1) is 0 Å². The molecule has 4 aromatic carbocycles. The van der Waals surface area contributed by atoms with Crippen molar-refractivity contribution in [3.63, 3.8) is 0 Å². The molecule has 0 saturated heterocycles. The normalized spacial score (nSPS) is 14.2. The van der Waals surface area contributed by atoms with Crippen molar-refractivity contribution in [3.05, 3.63) is 116 Å². The minimum Gasteiger partial charge on any atom is -0.426 e. The highest BCUT2D eigenvalue weighted by Gasteiger charge is 2.46. The van der Waals surface area contributed by atoms with Crippen LogP contribution in [0.5, 0.6) is 11.5 Å². The van der Waals surface area contributed by atoms with Crippen molar-refractivity contribution in [2.24, 2.45) is 11.8 Å². The SMILES string of the molecule is CCCCC(CC)C(=O)Oc1ccc(C2(c3ccc(OC(=O)C(CC)CCCC)cc3)c3cc(Br)ccc3-c3ccc(Br)cc32)cc1. The monoisotopic (exact) mass is 758 g/mol. The van der Waals surface area contributed by atoms with E-state index in [9.17, 15) is 9.59 Å². The summed E-state index contributed by atoms with van der Waals surface area (Å²) in [6, 6.07) is 28.8. The van der Waals surface area contributed by atoms with Crippen LogP contribution in [0.4, 0.5) is 0 Å². The van der Waals surface area contributed by atoms with E-state index < -0.39 is 5.41 Å². The molecule has 5 rings (SSSR count). The Morgan fingerprint density at radius 2 is 0.979 bits per heavy atom. The lowest BCUT2D eigenvalue weighted by molar-refractivity contribution is -0.140. The maximum atomic E-state index is 13.0. The summed E-state index contributed by atoms with van der Waals surface area (Å²) in [6.45, 7) is 8.36. The molecule has 246 valence electrons. The zero-order chi connectivity index (χ0) is 33.6. The molecule has 1 aliphatic rings. The number of carbonyl (C=O) groups is 2. The number of ether oxygens (including phenoxy) is 2. The van der Waals surface area contributed by atoms with E-state index in [1.807, 2.05) is 38.1 Å². The predicted octanol–water partition coefficient (Wildman–Crippen LogP) is 11.8. The van der Waals surface area contributed by atoms with E-state index in [1.165, 1.54) is 0 Å². The first-order valence-electron chi connectivity index (χ1n) is 17.0. The van der Waals surface area contributed by atoms with E-state index in [0.717, 1.165) is 93.7 Å². The molecule has 0 spiro atoms. The van der Waals surface area contributed by atoms with Crippen LogP contribution < -0.4 is 9.47 Å². The van der Waals surface area contributed by atoms with Crippen molar-refractivity contribution in [2.45, 2.75) is 84.5 Å². The molecule has 0 aromatic heterocycles. The van der Waals surface area contributed by atoms with Gasteiger partial charge < -0.3 is 9.47 Å². The molecule has 0 aliphatic heterocycles. The quantitative estimate of drug-likeness (QED) is 0.0835. The number of unbranched alkanes of at least 4 members (excludes halogenated alkanes) is 2. The summed E-state index contributed by atoms with van der Waals surface area (Å²) in [5, 5.41) is 0. The van der Waals surface area contributed by atoms with E-state index in [-0.39, 0.29) is 23.8 Å². The standard InChI is InChI=1S/C41H44Br2O4/c1-5-9-11-27(7-3)39(44)46-33-19-13-29(14-20-33)41(30-15-21-34(22-16-30)47-40(45)28(8-4)12-10-6-2)37-25-31(42)17-23-35(37)36-24-18-32(43)26-38(36)41/h13-28H,5-12H2,1-4H3. The summed E-state index contributed by atoms with van der Waals surface area (Å²) in [7, 11) is 0. The van der Waals surface area contributed by atoms with Crippen molar-refractivity contribution in [1.29, 1.82) is 0 Å². The number of hydrogen-bond donors (Lipinski definition) is 0. The Balaban J connectivity index is 1.58. The Morgan fingerprint density at radius 3 is 1.32 bits per heavy atom. The largest absolute Gasteiger partial charge is 0.426 e. The summed E-state index contributed by atoms with van der Waals surface area (Å²) in [5.74, 6) is 0.548. The van der Waals surface area contributed by atoms with Crippen LogP contribution in [0.1, 0.15) is 101 Å². The van der Waals surface area contributed by atoms with Gasteiger partial charge in [-0.2, -0.15) is 0 Å². The third kappa shape index (κ3) is 7.29. The fourth-order valence-corrected chi connectivity index (χ4v) is 7.60. The number of esters is 2. The van der Waals surface area contributed by atoms with Crippen molar-refractivity contribution >= 4 is 43.8 Å². The van der Waals surface area contributed by atoms with Crippen LogP contribution in [0.25, 0.3) is 11.1 Å². The lowest BCUT2D eigenvalue weighted by atomic mass is 9.67. The number of rotatable bonds is 14. The number of fused-ring (bicyclic) bond motifs is 3. The van der Waals surface area contributed by atoms with E-state index >= 15 is 0 Å². The van der Waals surface area contributed by atoms with Gasteiger partial charge in [-0.3, -0.25) is 9.59 Å². The van der Waals surface area contributed by atoms with Gasteiger partial charge in [0, 0.05) is 8.95 Å². The predicted molar refractivity (Wildman–Crippen MR) is 197 cm³/mol. The third-order valence-electron chi connectivity index (χ3n) is 9.54. The van der Waals surface area contributed by atoms with Crippen molar-refractivity contribution in [1.82, 2.24) is 0 Å². The molecule has 1 aliphatic carbocycles. The fourth-order valence-electron chi connectivity index (χ4n) is 6.88. The lowest BCUT2D eigenvalue weighted by Crippen LogP contribution is -2.29. The molecule has 0 heterocycles. The first kappa shape index (κ1) is 35.1. The zero-order valence-electron chi connectivity index (χ0n) is 27.8. The molecule has 0 bridgehead atoms. The number of hydrogen-bond acceptors (Lipinski definition) is 4. The average Bonchev–Trinajstić information content (AvgIpc) is 3.35. The highest BCUT2D eigenvalue weighted by molar-refractivity contribution is 9.10. The van der Waals surface area contributed by atoms with Crippen LogP contribution in [-0.4, -0.2) is 11.9 Å². The molecule has 4 aromatic rings. The van der Waals surface area contributed by atoms with Gasteiger partial charge in [0.25, 0.3) is 0 Å². The smallest absolute Gasteiger partial charge is 0.314 e. The second kappa shape index (κ2) is 15.8. The van der Waals surface area contributed by atoms with Gasteiger partial charge in [-0.05, 0) is 108 Å². The minimum atomic E-state index is -0.677. The first-order valence-corrected chi connectivity index (χ1v) is 18.6. The van der Waals surface area contributed by atoms with Gasteiger partial charge in [0.05, 0.1) is 17.3 Å². The Kier molecular flexibility index (Phi) is 11.8. The summed E-state index contributed by atoms with van der Waals surface area (Å²) in [6.07, 6.45) is 7.33. The van der Waals surface area contributed by atoms with E-state index in [0.29, 0.717) is 11.5 Å². The molecule has 47 heavy (non-hydrogen) atoms. The Hall–Kier alpha value is -3.22. The van der Waals surface area contributed by atoms with Gasteiger partial charge in [0.2, 0.25) is 0 Å². The van der Waals surface area contributed by atoms with E-state index in [2.05, 4.69) is 106 Å². The molecule has 0 fully saturated rings. The van der Waals surface area contributed by atoms with E-state index in [4.69, 9.17) is 9.47 Å². The summed E-state index contributed by atoms with van der Waals surface area (Å²) >= 11 is 7.50. The summed E-state index contributed by atoms with van der Waals surface area (Å²) in [5.41, 5.74) is 6.01. The number of benzene rings is 4. The molecule has 0 N–H and O–H groups in total. The molecular formula is C41H44Br2O4. The first-order chi connectivity index (χ1) is 22.8. The van der Waals surface area contributed by atoms with Gasteiger partial charge in [-0.1, -0.05) is 122 Å². The molecule has 0 amide bonds. The van der Waals surface area contributed by atoms with Crippen LogP contribution in [-0.2, 0) is 15.0 Å². The van der Waals surface area contributed by atoms with Crippen LogP contribution >= 0.6 is 31.9 Å². The Bertz CT molecular complexity index is 1570. The van der Waals surface area contributed by atoms with Crippen LogP contribution in [0.2, 0.25) is 0 Å². The number of halogens is 2. The van der Waals surface area contributed by atoms with Gasteiger partial charge in [-0.25, -0.2) is 0 Å². The van der Waals surface area contributed by atoms with Crippen molar-refractivity contribution in [3.8, 4) is 22.6 Å². The van der Waals surface area contributed by atoms with Gasteiger partial charge in [0.15, 0.2) is 0 Å². The van der Waals surface area contributed by atoms with Gasteiger partial charge in [0.1, 0.15) is 11.5 Å². The molecule has 0 radical (unpaired) electrons. The van der Waals surface area contributed by atoms with Crippen LogP contribution in [0.3, 0.4) is 0 Å². The van der Waals surface area contributed by atoms with Crippen LogP contribution in [0, 0.1) is 11.8 Å². The second-order valence-electron chi connectivity index (χ2n) is 12.5. The molecule has 2 atom stereocenters. The highest BCUT2D eigenvalue weighted by Crippen LogP contribution is 2.57. The molecule has 6 heteroatoms. The maximum absolute atomic E-state index is 13.0. The maximum Gasteiger partial charge on any atom is 0.314 e. The fraction of sp³-hybridized carbons (Fsp3) is 0.366. The molecular weight excluding hydrogens is 716 g/mol. The lowest BCUT2D eigenvalue weighted by Gasteiger charge is -2.34. The second-order valence-corrected chi connectivity index (χ2v) is 14.3. The van der Waals surface area contributed by atoms with Crippen LogP contribution in [0.15, 0.2) is 93.9 Å². The summed E-state index contributed by atoms with van der Waals surface area (Å²) in [4.78, 5) is 26.1. The highest BCUT2D eigenvalue weighted by atomic mass is 79.9. The Morgan fingerprint density at radius 1 is 0.596 bits per heavy atom. The zero-order valence-corrected chi connectivity index (χ0v) is 31.0. The summed E-state index contributed by atoms with van der Waals surface area (Å²) < 4.78 is 13.8. The van der Waals surface area contributed by atoms with Gasteiger partial charge >= 0.3 is 11.9 Å². The third-order valence-corrected chi connectivity index (χ3v) is 10.5. The number of carbonyl (C=O) groups excluding carboxylic acids is 2. The molecule has 4 nitrogen and oxygen atoms in total. The molecule has 0 saturated carbocycles. The average molecular weight is 761 g/mol. The Labute approximate surface area is 296 Å². The molecule has 2 unspecified atom stereocenters. The van der Waals surface area contributed by atoms with E-state index in [1.54, 1.807) is 0 Å².